The first-order valence-electron chi connectivity index (χ1n) is 6.34. The van der Waals surface area contributed by atoms with E-state index in [0.29, 0.717) is 25.4 Å². The zero-order chi connectivity index (χ0) is 12.7. The number of piperidine rings is 1. The van der Waals surface area contributed by atoms with E-state index in [9.17, 15) is 9.59 Å². The van der Waals surface area contributed by atoms with E-state index in [4.69, 9.17) is 0 Å². The molecule has 2 amide bonds. The highest BCUT2D eigenvalue weighted by molar-refractivity contribution is 5.78. The molecule has 0 bridgehead atoms. The minimum atomic E-state index is 0.0301. The second kappa shape index (κ2) is 7.27. The maximum atomic E-state index is 11.5. The molecular formula is C12H23N3O2. The molecule has 1 fully saturated rings. The Morgan fingerprint density at radius 2 is 2.29 bits per heavy atom. The lowest BCUT2D eigenvalue weighted by Gasteiger charge is -2.23. The Bertz CT molecular complexity index is 256. The van der Waals surface area contributed by atoms with Crippen molar-refractivity contribution >= 4 is 11.8 Å². The van der Waals surface area contributed by atoms with E-state index in [0.717, 1.165) is 19.4 Å². The summed E-state index contributed by atoms with van der Waals surface area (Å²) in [6.45, 7) is 5.96. The monoisotopic (exact) mass is 241 g/mol. The molecule has 0 aromatic heterocycles. The molecule has 3 N–H and O–H groups in total. The maximum Gasteiger partial charge on any atom is 0.233 e. The molecule has 98 valence electrons. The van der Waals surface area contributed by atoms with E-state index in [2.05, 4.69) is 29.8 Å². The van der Waals surface area contributed by atoms with Gasteiger partial charge in [-0.25, -0.2) is 0 Å². The summed E-state index contributed by atoms with van der Waals surface area (Å²) in [4.78, 5) is 22.4. The van der Waals surface area contributed by atoms with Crippen LogP contribution >= 0.6 is 0 Å². The van der Waals surface area contributed by atoms with E-state index < -0.39 is 0 Å². The molecule has 0 aromatic rings. The summed E-state index contributed by atoms with van der Waals surface area (Å²) in [7, 11) is 0. The molecule has 1 rings (SSSR count). The first-order valence-corrected chi connectivity index (χ1v) is 6.34. The van der Waals surface area contributed by atoms with Gasteiger partial charge in [0.05, 0.1) is 6.54 Å². The van der Waals surface area contributed by atoms with Gasteiger partial charge in [0, 0.05) is 25.6 Å². The lowest BCUT2D eigenvalue weighted by molar-refractivity contribution is -0.122. The minimum absolute atomic E-state index is 0.0301. The van der Waals surface area contributed by atoms with Gasteiger partial charge in [-0.15, -0.1) is 0 Å². The van der Waals surface area contributed by atoms with Crippen LogP contribution in [0, 0.1) is 5.92 Å². The van der Waals surface area contributed by atoms with Gasteiger partial charge in [0.15, 0.2) is 0 Å². The van der Waals surface area contributed by atoms with Crippen LogP contribution in [0.25, 0.3) is 0 Å². The van der Waals surface area contributed by atoms with Crippen molar-refractivity contribution in [2.45, 2.75) is 39.2 Å². The average molecular weight is 241 g/mol. The molecule has 0 radical (unpaired) electrons. The summed E-state index contributed by atoms with van der Waals surface area (Å²) in [5.41, 5.74) is 0. The van der Waals surface area contributed by atoms with Crippen LogP contribution in [0.4, 0.5) is 0 Å². The van der Waals surface area contributed by atoms with E-state index in [-0.39, 0.29) is 17.9 Å². The average Bonchev–Trinajstić information content (AvgIpc) is 2.28. The Kier molecular flexibility index (Phi) is 5.97. The number of hydrogen-bond acceptors (Lipinski definition) is 3. The summed E-state index contributed by atoms with van der Waals surface area (Å²) in [5.74, 6) is 0.740. The van der Waals surface area contributed by atoms with Crippen molar-refractivity contribution < 1.29 is 9.59 Å². The molecule has 5 nitrogen and oxygen atoms in total. The molecule has 1 heterocycles. The van der Waals surface area contributed by atoms with Crippen molar-refractivity contribution in [1.29, 1.82) is 0 Å². The Labute approximate surface area is 103 Å². The van der Waals surface area contributed by atoms with Crippen molar-refractivity contribution in [1.82, 2.24) is 16.0 Å². The van der Waals surface area contributed by atoms with Gasteiger partial charge in [0.2, 0.25) is 11.8 Å². The van der Waals surface area contributed by atoms with Gasteiger partial charge >= 0.3 is 0 Å². The summed E-state index contributed by atoms with van der Waals surface area (Å²) in [6.07, 6.45) is 2.36. The van der Waals surface area contributed by atoms with Crippen LogP contribution < -0.4 is 16.0 Å². The van der Waals surface area contributed by atoms with Gasteiger partial charge < -0.3 is 16.0 Å². The minimum Gasteiger partial charge on any atom is -0.355 e. The number of carbonyl (C=O) groups excluding carboxylic acids is 2. The maximum absolute atomic E-state index is 11.5. The zero-order valence-corrected chi connectivity index (χ0v) is 10.7. The molecule has 1 unspecified atom stereocenters. The molecule has 0 aliphatic carbocycles. The van der Waals surface area contributed by atoms with Crippen molar-refractivity contribution in [3.63, 3.8) is 0 Å². The largest absolute Gasteiger partial charge is 0.355 e. The number of carbonyl (C=O) groups is 2. The van der Waals surface area contributed by atoms with Gasteiger partial charge in [-0.05, 0) is 18.8 Å². The zero-order valence-electron chi connectivity index (χ0n) is 10.7. The quantitative estimate of drug-likeness (QED) is 0.614. The van der Waals surface area contributed by atoms with Gasteiger partial charge in [0.25, 0.3) is 0 Å². The van der Waals surface area contributed by atoms with Crippen LogP contribution in [0.5, 0.6) is 0 Å². The van der Waals surface area contributed by atoms with E-state index in [1.807, 2.05) is 0 Å². The van der Waals surface area contributed by atoms with E-state index >= 15 is 0 Å². The number of amides is 2. The highest BCUT2D eigenvalue weighted by Crippen LogP contribution is 2.01. The summed E-state index contributed by atoms with van der Waals surface area (Å²) in [5, 5.41) is 8.81. The van der Waals surface area contributed by atoms with Gasteiger partial charge in [0.1, 0.15) is 0 Å². The molecule has 1 atom stereocenters. The molecular weight excluding hydrogens is 218 g/mol. The fourth-order valence-corrected chi connectivity index (χ4v) is 1.71. The standard InChI is InChI=1S/C12H23N3O2/c1-9(2)5-6-13-12(17)8-14-10-3-4-11(16)15-7-10/h9-10,14H,3-8H2,1-2H3,(H,13,17)(H,15,16). The van der Waals surface area contributed by atoms with Crippen LogP contribution in [0.15, 0.2) is 0 Å². The number of nitrogens with one attached hydrogen (secondary N) is 3. The van der Waals surface area contributed by atoms with Gasteiger partial charge in [-0.2, -0.15) is 0 Å². The lowest BCUT2D eigenvalue weighted by Crippen LogP contribution is -2.48. The SMILES string of the molecule is CC(C)CCNC(=O)CNC1CCC(=O)NC1. The van der Waals surface area contributed by atoms with Crippen LogP contribution in [-0.4, -0.2) is 37.5 Å². The molecule has 1 saturated heterocycles. The van der Waals surface area contributed by atoms with Crippen molar-refractivity contribution in [2.24, 2.45) is 5.92 Å². The van der Waals surface area contributed by atoms with Crippen molar-refractivity contribution in [3.05, 3.63) is 0 Å². The van der Waals surface area contributed by atoms with Crippen LogP contribution in [0.3, 0.4) is 0 Å². The van der Waals surface area contributed by atoms with Crippen molar-refractivity contribution in [2.75, 3.05) is 19.6 Å². The molecule has 0 saturated carbocycles. The predicted octanol–water partition coefficient (Wildman–Crippen LogP) is 0.0169. The topological polar surface area (TPSA) is 70.2 Å². The van der Waals surface area contributed by atoms with Crippen LogP contribution in [0.1, 0.15) is 33.1 Å². The Hall–Kier alpha value is -1.10. The molecule has 5 heteroatoms. The third kappa shape index (κ3) is 6.26. The van der Waals surface area contributed by atoms with Crippen molar-refractivity contribution in [3.8, 4) is 0 Å². The normalized spacial score (nSPS) is 20.2. The first-order chi connectivity index (χ1) is 8.08. The Morgan fingerprint density at radius 1 is 1.53 bits per heavy atom. The van der Waals surface area contributed by atoms with E-state index in [1.165, 1.54) is 0 Å². The molecule has 17 heavy (non-hydrogen) atoms. The van der Waals surface area contributed by atoms with Crippen LogP contribution in [0.2, 0.25) is 0 Å². The Morgan fingerprint density at radius 3 is 2.88 bits per heavy atom. The first kappa shape index (κ1) is 14.0. The van der Waals surface area contributed by atoms with Crippen LogP contribution in [-0.2, 0) is 9.59 Å². The van der Waals surface area contributed by atoms with E-state index in [1.54, 1.807) is 0 Å². The Balaban J connectivity index is 2.05. The fraction of sp³-hybridized carbons (Fsp3) is 0.833. The lowest BCUT2D eigenvalue weighted by atomic mass is 10.1. The number of hydrogen-bond donors (Lipinski definition) is 3. The third-order valence-electron chi connectivity index (χ3n) is 2.86. The summed E-state index contributed by atoms with van der Waals surface area (Å²) in [6, 6.07) is 0.226. The van der Waals surface area contributed by atoms with Gasteiger partial charge in [-0.3, -0.25) is 9.59 Å². The highest BCUT2D eigenvalue weighted by Gasteiger charge is 2.17. The number of rotatable bonds is 6. The predicted molar refractivity (Wildman–Crippen MR) is 66.5 cm³/mol. The smallest absolute Gasteiger partial charge is 0.233 e. The summed E-state index contributed by atoms with van der Waals surface area (Å²) < 4.78 is 0. The third-order valence-corrected chi connectivity index (χ3v) is 2.86. The molecule has 1 aliphatic heterocycles. The highest BCUT2D eigenvalue weighted by atomic mass is 16.2. The fourth-order valence-electron chi connectivity index (χ4n) is 1.71. The molecule has 0 spiro atoms. The van der Waals surface area contributed by atoms with Gasteiger partial charge in [-0.1, -0.05) is 13.8 Å². The molecule has 0 aromatic carbocycles. The molecule has 1 aliphatic rings. The second-order valence-electron chi connectivity index (χ2n) is 4.95. The summed E-state index contributed by atoms with van der Waals surface area (Å²) >= 11 is 0. The second-order valence-corrected chi connectivity index (χ2v) is 4.95.